The van der Waals surface area contributed by atoms with E-state index in [2.05, 4.69) is 4.98 Å². The van der Waals surface area contributed by atoms with Crippen LogP contribution in [0.3, 0.4) is 0 Å². The number of nitrogens with two attached hydrogens (primary N) is 1. The van der Waals surface area contributed by atoms with Crippen molar-refractivity contribution in [2.45, 2.75) is 24.7 Å². The lowest BCUT2D eigenvalue weighted by atomic mass is 9.98. The molecule has 1 aromatic heterocycles. The molecule has 1 aromatic carbocycles. The van der Waals surface area contributed by atoms with Gasteiger partial charge in [0.1, 0.15) is 6.10 Å². The number of benzene rings is 1. The van der Waals surface area contributed by atoms with E-state index in [-0.39, 0.29) is 6.10 Å². The number of aliphatic hydroxyl groups is 1. The maximum Gasteiger partial charge on any atom is 0.213 e. The summed E-state index contributed by atoms with van der Waals surface area (Å²) in [6.45, 7) is 1.29. The van der Waals surface area contributed by atoms with Gasteiger partial charge in [0.25, 0.3) is 0 Å². The van der Waals surface area contributed by atoms with Crippen molar-refractivity contribution < 1.29 is 14.6 Å². The summed E-state index contributed by atoms with van der Waals surface area (Å²) >= 11 is 11.9. The molecule has 1 fully saturated rings. The highest BCUT2D eigenvalue weighted by Gasteiger charge is 2.21. The average Bonchev–Trinajstić information content (AvgIpc) is 3.10. The third-order valence-corrected chi connectivity index (χ3v) is 4.68. The van der Waals surface area contributed by atoms with Gasteiger partial charge in [0.2, 0.25) is 5.88 Å². The summed E-state index contributed by atoms with van der Waals surface area (Å²) in [6.07, 6.45) is 1.53. The van der Waals surface area contributed by atoms with Gasteiger partial charge in [0.05, 0.1) is 35.4 Å². The fourth-order valence-corrected chi connectivity index (χ4v) is 2.83. The molecule has 7 heteroatoms. The highest BCUT2D eigenvalue weighted by atomic mass is 35.5. The van der Waals surface area contributed by atoms with E-state index >= 15 is 0 Å². The minimum atomic E-state index is -0.918. The molecule has 1 unspecified atom stereocenters. The molecule has 0 amide bonds. The summed E-state index contributed by atoms with van der Waals surface area (Å²) in [4.78, 5) is 4.23. The smallest absolute Gasteiger partial charge is 0.213 e. The van der Waals surface area contributed by atoms with Gasteiger partial charge in [-0.05, 0) is 23.8 Å². The van der Waals surface area contributed by atoms with E-state index in [9.17, 15) is 5.11 Å². The number of aliphatic hydroxyl groups excluding tert-OH is 1. The number of ether oxygens (including phenoxy) is 2. The highest BCUT2D eigenvalue weighted by Crippen LogP contribution is 2.31. The number of halogens is 2. The van der Waals surface area contributed by atoms with E-state index < -0.39 is 12.1 Å². The van der Waals surface area contributed by atoms with E-state index in [0.29, 0.717) is 40.3 Å². The van der Waals surface area contributed by atoms with Crippen LogP contribution >= 0.6 is 23.2 Å². The third kappa shape index (κ3) is 3.99. The molecule has 128 valence electrons. The van der Waals surface area contributed by atoms with Crippen LogP contribution in [0.15, 0.2) is 36.5 Å². The van der Waals surface area contributed by atoms with Crippen molar-refractivity contribution in [1.29, 1.82) is 0 Å². The van der Waals surface area contributed by atoms with Crippen LogP contribution in [-0.2, 0) is 4.74 Å². The first-order chi connectivity index (χ1) is 11.5. The standard InChI is InChI=1S/C17H18Cl2N2O3/c18-13-3-1-10(7-14(13)19)16(20)17(22)11-2-4-15(21-8-11)24-12-5-6-23-9-12/h1-4,7-8,12,16-17,22H,5-6,9,20H2/t12?,16-,17+/m0/s1. The number of aromatic nitrogens is 1. The third-order valence-electron chi connectivity index (χ3n) is 3.94. The molecule has 0 saturated carbocycles. The molecule has 3 rings (SSSR count). The molecule has 5 nitrogen and oxygen atoms in total. The Morgan fingerprint density at radius 2 is 2.00 bits per heavy atom. The Hall–Kier alpha value is -1.37. The second-order valence-corrected chi connectivity index (χ2v) is 6.49. The van der Waals surface area contributed by atoms with Crippen LogP contribution < -0.4 is 10.5 Å². The zero-order valence-electron chi connectivity index (χ0n) is 12.9. The molecule has 0 bridgehead atoms. The lowest BCUT2D eigenvalue weighted by Gasteiger charge is -2.20. The first-order valence-corrected chi connectivity index (χ1v) is 8.39. The van der Waals surface area contributed by atoms with Crippen LogP contribution in [0, 0.1) is 0 Å². The Kier molecular flexibility index (Phi) is 5.58. The van der Waals surface area contributed by atoms with E-state index in [1.165, 1.54) is 0 Å². The van der Waals surface area contributed by atoms with E-state index in [4.69, 9.17) is 38.4 Å². The number of nitrogens with zero attached hydrogens (tertiary/aromatic N) is 1. The number of pyridine rings is 1. The minimum Gasteiger partial charge on any atom is -0.472 e. The van der Waals surface area contributed by atoms with Crippen LogP contribution in [0.5, 0.6) is 5.88 Å². The van der Waals surface area contributed by atoms with Gasteiger partial charge in [0.15, 0.2) is 0 Å². The normalized spacial score (nSPS) is 19.9. The first kappa shape index (κ1) is 17.5. The van der Waals surface area contributed by atoms with Crippen molar-refractivity contribution in [2.24, 2.45) is 5.73 Å². The van der Waals surface area contributed by atoms with E-state index in [0.717, 1.165) is 6.42 Å². The summed E-state index contributed by atoms with van der Waals surface area (Å²) in [5, 5.41) is 11.3. The summed E-state index contributed by atoms with van der Waals surface area (Å²) in [5.74, 6) is 0.504. The van der Waals surface area contributed by atoms with Crippen LogP contribution in [0.4, 0.5) is 0 Å². The Morgan fingerprint density at radius 3 is 2.62 bits per heavy atom. The van der Waals surface area contributed by atoms with Gasteiger partial charge in [-0.15, -0.1) is 0 Å². The summed E-state index contributed by atoms with van der Waals surface area (Å²) < 4.78 is 11.0. The molecule has 2 heterocycles. The van der Waals surface area contributed by atoms with Crippen molar-refractivity contribution in [3.8, 4) is 5.88 Å². The lowest BCUT2D eigenvalue weighted by Crippen LogP contribution is -2.20. The van der Waals surface area contributed by atoms with Crippen molar-refractivity contribution in [3.05, 3.63) is 57.7 Å². The first-order valence-electron chi connectivity index (χ1n) is 7.63. The number of hydrogen-bond acceptors (Lipinski definition) is 5. The van der Waals surface area contributed by atoms with Gasteiger partial charge < -0.3 is 20.3 Å². The van der Waals surface area contributed by atoms with Gasteiger partial charge in [-0.25, -0.2) is 4.98 Å². The maximum atomic E-state index is 10.5. The SMILES string of the molecule is N[C@@H](c1ccc(Cl)c(Cl)c1)[C@H](O)c1ccc(OC2CCOC2)nc1. The molecule has 0 radical (unpaired) electrons. The quantitative estimate of drug-likeness (QED) is 0.846. The molecule has 3 atom stereocenters. The van der Waals surface area contributed by atoms with Gasteiger partial charge in [-0.1, -0.05) is 29.3 Å². The lowest BCUT2D eigenvalue weighted by molar-refractivity contribution is 0.136. The predicted octanol–water partition coefficient (Wildman–Crippen LogP) is 3.29. The highest BCUT2D eigenvalue weighted by molar-refractivity contribution is 6.42. The van der Waals surface area contributed by atoms with E-state index in [1.54, 1.807) is 36.5 Å². The molecule has 0 spiro atoms. The fourth-order valence-electron chi connectivity index (χ4n) is 2.52. The number of hydrogen-bond donors (Lipinski definition) is 2. The zero-order chi connectivity index (χ0) is 17.1. The van der Waals surface area contributed by atoms with Crippen LogP contribution in [0.2, 0.25) is 10.0 Å². The largest absolute Gasteiger partial charge is 0.472 e. The summed E-state index contributed by atoms with van der Waals surface area (Å²) in [6, 6.07) is 7.88. The monoisotopic (exact) mass is 368 g/mol. The molecule has 0 aliphatic carbocycles. The Morgan fingerprint density at radius 1 is 1.21 bits per heavy atom. The second kappa shape index (κ2) is 7.68. The fraction of sp³-hybridized carbons (Fsp3) is 0.353. The molecule has 24 heavy (non-hydrogen) atoms. The van der Waals surface area contributed by atoms with Gasteiger partial charge >= 0.3 is 0 Å². The van der Waals surface area contributed by atoms with Crippen molar-refractivity contribution in [3.63, 3.8) is 0 Å². The topological polar surface area (TPSA) is 77.6 Å². The predicted molar refractivity (Wildman–Crippen MR) is 92.4 cm³/mol. The van der Waals surface area contributed by atoms with Crippen LogP contribution in [0.25, 0.3) is 0 Å². The Labute approximate surface area is 150 Å². The minimum absolute atomic E-state index is 0.0340. The van der Waals surface area contributed by atoms with Crippen molar-refractivity contribution >= 4 is 23.2 Å². The van der Waals surface area contributed by atoms with Crippen LogP contribution in [0.1, 0.15) is 29.7 Å². The Balaban J connectivity index is 1.69. The molecular weight excluding hydrogens is 351 g/mol. The van der Waals surface area contributed by atoms with Crippen molar-refractivity contribution in [1.82, 2.24) is 4.98 Å². The summed E-state index contributed by atoms with van der Waals surface area (Å²) in [7, 11) is 0. The molecule has 1 aliphatic heterocycles. The van der Waals surface area contributed by atoms with Gasteiger partial charge in [-0.3, -0.25) is 0 Å². The maximum absolute atomic E-state index is 10.5. The zero-order valence-corrected chi connectivity index (χ0v) is 14.4. The Bertz CT molecular complexity index is 691. The van der Waals surface area contributed by atoms with Crippen LogP contribution in [-0.4, -0.2) is 29.4 Å². The molecule has 1 saturated heterocycles. The molecule has 1 aliphatic rings. The van der Waals surface area contributed by atoms with Crippen molar-refractivity contribution in [2.75, 3.05) is 13.2 Å². The average molecular weight is 369 g/mol. The van der Waals surface area contributed by atoms with Gasteiger partial charge in [-0.2, -0.15) is 0 Å². The second-order valence-electron chi connectivity index (χ2n) is 5.68. The number of rotatable bonds is 5. The van der Waals surface area contributed by atoms with E-state index in [1.807, 2.05) is 0 Å². The molecule has 3 N–H and O–H groups in total. The molecule has 2 aromatic rings. The van der Waals surface area contributed by atoms with Gasteiger partial charge in [0, 0.05) is 24.2 Å². The molecular formula is C17H18Cl2N2O3. The summed E-state index contributed by atoms with van der Waals surface area (Å²) in [5.41, 5.74) is 7.43.